The minimum absolute atomic E-state index is 0.0141. The lowest BCUT2D eigenvalue weighted by atomic mass is 9.53. The summed E-state index contributed by atoms with van der Waals surface area (Å²) < 4.78 is 21.6. The quantitative estimate of drug-likeness (QED) is 0.331. The van der Waals surface area contributed by atoms with Crippen molar-refractivity contribution >= 4 is 40.8 Å². The second-order valence-electron chi connectivity index (χ2n) is 12.8. The van der Waals surface area contributed by atoms with E-state index >= 15 is 4.39 Å². The number of aromatic nitrogens is 1. The first-order valence-corrected chi connectivity index (χ1v) is 15.1. The number of carbonyl (C=O) groups is 2. The van der Waals surface area contributed by atoms with Crippen LogP contribution in [0.5, 0.6) is 0 Å². The summed E-state index contributed by atoms with van der Waals surface area (Å²) in [7, 11) is 0. The summed E-state index contributed by atoms with van der Waals surface area (Å²) in [6.45, 7) is 4.11. The van der Waals surface area contributed by atoms with Gasteiger partial charge in [0.2, 0.25) is 11.8 Å². The number of ether oxygens (including phenoxy) is 1. The number of hydrogen-bond donors (Lipinski definition) is 5. The van der Waals surface area contributed by atoms with Gasteiger partial charge in [0.15, 0.2) is 0 Å². The molecule has 0 bridgehead atoms. The third-order valence-corrected chi connectivity index (χ3v) is 10.4. The lowest BCUT2D eigenvalue weighted by Crippen LogP contribution is -2.61. The summed E-state index contributed by atoms with van der Waals surface area (Å²) in [4.78, 5) is 33.1. The number of halogens is 3. The van der Waals surface area contributed by atoms with E-state index in [-0.39, 0.29) is 46.7 Å². The number of anilines is 1. The van der Waals surface area contributed by atoms with Gasteiger partial charge in [0.25, 0.3) is 0 Å². The smallest absolute Gasteiger partial charge is 0.238 e. The Balaban J connectivity index is 1.51. The molecular weight excluding hydrogens is 586 g/mol. The molecule has 2 spiro atoms. The molecule has 3 fully saturated rings. The van der Waals surface area contributed by atoms with Crippen LogP contribution in [0.4, 0.5) is 10.2 Å². The normalized spacial score (nSPS) is 33.0. The van der Waals surface area contributed by atoms with Crippen LogP contribution in [0.25, 0.3) is 0 Å². The van der Waals surface area contributed by atoms with Crippen LogP contribution in [0.15, 0.2) is 30.3 Å². The number of benzene rings is 1. The Morgan fingerprint density at radius 1 is 1.19 bits per heavy atom. The molecule has 1 aromatic carbocycles. The molecule has 2 amide bonds. The molecular formula is C30H35Cl2FN4O5. The van der Waals surface area contributed by atoms with Gasteiger partial charge in [-0.3, -0.25) is 14.9 Å². The Morgan fingerprint density at radius 3 is 2.62 bits per heavy atom. The van der Waals surface area contributed by atoms with E-state index in [4.69, 9.17) is 27.9 Å². The third kappa shape index (κ3) is 4.53. The minimum Gasteiger partial charge on any atom is -0.394 e. The fourth-order valence-electron chi connectivity index (χ4n) is 7.71. The molecule has 2 saturated heterocycles. The molecule has 4 aliphatic rings. The second-order valence-corrected chi connectivity index (χ2v) is 13.6. The van der Waals surface area contributed by atoms with Crippen molar-refractivity contribution in [3.05, 3.63) is 57.5 Å². The van der Waals surface area contributed by atoms with Crippen LogP contribution in [0.2, 0.25) is 10.2 Å². The number of fused-ring (bicyclic) bond motifs is 3. The van der Waals surface area contributed by atoms with Crippen molar-refractivity contribution in [1.82, 2.24) is 15.6 Å². The summed E-state index contributed by atoms with van der Waals surface area (Å²) in [6.07, 6.45) is 1.14. The van der Waals surface area contributed by atoms with Gasteiger partial charge in [0.05, 0.1) is 36.4 Å². The van der Waals surface area contributed by atoms with Crippen molar-refractivity contribution in [2.24, 2.45) is 5.41 Å². The number of nitrogens with one attached hydrogen (secondary N) is 3. The Bertz CT molecular complexity index is 1420. The first kappa shape index (κ1) is 29.7. The maximum Gasteiger partial charge on any atom is 0.238 e. The third-order valence-electron chi connectivity index (χ3n) is 9.91. The molecule has 9 nitrogen and oxygen atoms in total. The highest BCUT2D eigenvalue weighted by Gasteiger charge is 2.73. The molecule has 226 valence electrons. The molecule has 1 aliphatic carbocycles. The average molecular weight is 622 g/mol. The van der Waals surface area contributed by atoms with Crippen LogP contribution in [-0.2, 0) is 19.7 Å². The maximum absolute atomic E-state index is 16.0. The average Bonchev–Trinajstić information content (AvgIpc) is 3.40. The summed E-state index contributed by atoms with van der Waals surface area (Å²) in [5, 5.41) is 29.4. The van der Waals surface area contributed by atoms with Gasteiger partial charge in [-0.15, -0.1) is 0 Å². The van der Waals surface area contributed by atoms with Crippen LogP contribution < -0.4 is 16.0 Å². The van der Waals surface area contributed by atoms with E-state index in [0.717, 1.165) is 12.8 Å². The lowest BCUT2D eigenvalue weighted by Gasteiger charge is -2.50. The number of rotatable bonds is 4. The molecule has 42 heavy (non-hydrogen) atoms. The van der Waals surface area contributed by atoms with E-state index in [0.29, 0.717) is 24.2 Å². The molecule has 4 heterocycles. The predicted octanol–water partition coefficient (Wildman–Crippen LogP) is 3.44. The van der Waals surface area contributed by atoms with E-state index in [2.05, 4.69) is 34.8 Å². The van der Waals surface area contributed by atoms with Crippen LogP contribution in [0.1, 0.15) is 63.0 Å². The van der Waals surface area contributed by atoms with Crippen molar-refractivity contribution in [2.75, 3.05) is 18.5 Å². The molecule has 0 unspecified atom stereocenters. The molecule has 12 heteroatoms. The van der Waals surface area contributed by atoms with Crippen molar-refractivity contribution < 1.29 is 28.9 Å². The fourth-order valence-corrected chi connectivity index (χ4v) is 8.04. The molecule has 1 saturated carbocycles. The predicted molar refractivity (Wildman–Crippen MR) is 155 cm³/mol. The van der Waals surface area contributed by atoms with E-state index in [1.54, 1.807) is 24.3 Å². The van der Waals surface area contributed by atoms with E-state index in [1.807, 2.05) is 0 Å². The Hall–Kier alpha value is -2.34. The number of amides is 2. The topological polar surface area (TPSA) is 133 Å². The van der Waals surface area contributed by atoms with E-state index in [9.17, 15) is 19.8 Å². The zero-order chi connectivity index (χ0) is 30.0. The molecule has 2 aromatic rings. The molecule has 3 aliphatic heterocycles. The zero-order valence-corrected chi connectivity index (χ0v) is 24.9. The van der Waals surface area contributed by atoms with Gasteiger partial charge in [-0.05, 0) is 55.2 Å². The fraction of sp³-hybridized carbons (Fsp3) is 0.567. The molecule has 1 aromatic heterocycles. The van der Waals surface area contributed by atoms with Crippen LogP contribution in [0.3, 0.4) is 0 Å². The van der Waals surface area contributed by atoms with Gasteiger partial charge in [0, 0.05) is 17.0 Å². The van der Waals surface area contributed by atoms with Crippen molar-refractivity contribution in [3.63, 3.8) is 0 Å². The van der Waals surface area contributed by atoms with Crippen molar-refractivity contribution in [3.8, 4) is 0 Å². The largest absolute Gasteiger partial charge is 0.394 e. The van der Waals surface area contributed by atoms with Crippen molar-refractivity contribution in [2.45, 2.75) is 87.1 Å². The van der Waals surface area contributed by atoms with Gasteiger partial charge < -0.3 is 25.6 Å². The van der Waals surface area contributed by atoms with E-state index < -0.39 is 52.9 Å². The highest BCUT2D eigenvalue weighted by Crippen LogP contribution is 2.63. The van der Waals surface area contributed by atoms with Crippen LogP contribution >= 0.6 is 23.2 Å². The standard InChI is InChI=1S/C30H35Cl2FN4O5/c1-28(2)8-10-29(11-9-28)30(17-6-7-21(32)35-25(17)36-27(30)41)22(16-4-3-5-18(31)23(16)33)24(37-29)26(40)34-15-12-19(39)20(13-38)42-14-15/h3-7,15,19-20,22,24,37-39H,8-14H2,1-2H3,(H,34,40)(H,35,36,41)/t15-,19+,20-,22+,24-,30-/m1/s1. The number of carbonyl (C=O) groups excluding carboxylic acids is 2. The van der Waals surface area contributed by atoms with Crippen LogP contribution in [0, 0.1) is 11.2 Å². The van der Waals surface area contributed by atoms with Gasteiger partial charge in [-0.2, -0.15) is 0 Å². The summed E-state index contributed by atoms with van der Waals surface area (Å²) >= 11 is 12.5. The summed E-state index contributed by atoms with van der Waals surface area (Å²) in [5.74, 6) is -2.22. The Labute approximate surface area is 253 Å². The summed E-state index contributed by atoms with van der Waals surface area (Å²) in [5.41, 5.74) is -1.60. The number of aliphatic hydroxyl groups excluding tert-OH is 2. The molecule has 6 rings (SSSR count). The lowest BCUT2D eigenvalue weighted by molar-refractivity contribution is -0.131. The van der Waals surface area contributed by atoms with Crippen LogP contribution in [-0.4, -0.2) is 70.1 Å². The molecule has 0 radical (unpaired) electrons. The first-order chi connectivity index (χ1) is 19.9. The van der Waals surface area contributed by atoms with Gasteiger partial charge in [0.1, 0.15) is 28.3 Å². The highest BCUT2D eigenvalue weighted by molar-refractivity contribution is 6.31. The van der Waals surface area contributed by atoms with Crippen molar-refractivity contribution in [1.29, 1.82) is 0 Å². The van der Waals surface area contributed by atoms with Gasteiger partial charge in [-0.25, -0.2) is 9.37 Å². The molecule has 6 atom stereocenters. The zero-order valence-electron chi connectivity index (χ0n) is 23.4. The summed E-state index contributed by atoms with van der Waals surface area (Å²) in [6, 6.07) is 6.40. The van der Waals surface area contributed by atoms with E-state index in [1.165, 1.54) is 6.07 Å². The maximum atomic E-state index is 16.0. The van der Waals surface area contributed by atoms with Gasteiger partial charge in [-0.1, -0.05) is 55.2 Å². The second kappa shape index (κ2) is 10.7. The highest BCUT2D eigenvalue weighted by atomic mass is 35.5. The number of nitrogens with zero attached hydrogens (tertiary/aromatic N) is 1. The number of hydrogen-bond acceptors (Lipinski definition) is 7. The Morgan fingerprint density at radius 2 is 1.93 bits per heavy atom. The monoisotopic (exact) mass is 620 g/mol. The first-order valence-electron chi connectivity index (χ1n) is 14.3. The Kier molecular flexibility index (Phi) is 7.56. The molecule has 5 N–H and O–H groups in total. The van der Waals surface area contributed by atoms with Gasteiger partial charge >= 0.3 is 0 Å². The minimum atomic E-state index is -1.41. The number of pyridine rings is 1. The SMILES string of the molecule is CC1(C)CCC2(CC1)N[C@@H](C(=O)N[C@H]1CO[C@H](CO)[C@@H](O)C1)[C@H](c1cccc(Cl)c1F)[C@]21C(=O)Nc2nc(Cl)ccc21. The number of aliphatic hydroxyl groups is 2.